The maximum Gasteiger partial charge on any atom is 0.326 e. The normalized spacial score (nSPS) is 18.7. The standard InChI is InChI=1S/C15H29NO3/c1-4-16-15(3,14(17)18-5-2)11-6-7-12-19-13-9-8-10-13/h13,16H,4-12H2,1-3H3. The van der Waals surface area contributed by atoms with Crippen LogP contribution in [0.4, 0.5) is 0 Å². The van der Waals surface area contributed by atoms with Crippen molar-refractivity contribution in [3.05, 3.63) is 0 Å². The lowest BCUT2D eigenvalue weighted by Gasteiger charge is -2.28. The van der Waals surface area contributed by atoms with Crippen molar-refractivity contribution in [1.82, 2.24) is 5.32 Å². The zero-order valence-corrected chi connectivity index (χ0v) is 12.7. The quantitative estimate of drug-likeness (QED) is 0.490. The van der Waals surface area contributed by atoms with E-state index in [0.717, 1.165) is 32.4 Å². The van der Waals surface area contributed by atoms with E-state index in [0.29, 0.717) is 12.7 Å². The number of hydrogen-bond acceptors (Lipinski definition) is 4. The van der Waals surface area contributed by atoms with Gasteiger partial charge in [-0.15, -0.1) is 0 Å². The fourth-order valence-electron chi connectivity index (χ4n) is 2.31. The van der Waals surface area contributed by atoms with E-state index in [-0.39, 0.29) is 5.97 Å². The maximum absolute atomic E-state index is 12.0. The van der Waals surface area contributed by atoms with E-state index in [1.807, 2.05) is 20.8 Å². The molecule has 4 nitrogen and oxygen atoms in total. The van der Waals surface area contributed by atoms with E-state index in [4.69, 9.17) is 9.47 Å². The number of ether oxygens (including phenoxy) is 2. The molecule has 0 saturated heterocycles. The van der Waals surface area contributed by atoms with Gasteiger partial charge in [-0.1, -0.05) is 6.92 Å². The Labute approximate surface area is 117 Å². The van der Waals surface area contributed by atoms with E-state index >= 15 is 0 Å². The number of carbonyl (C=O) groups is 1. The topological polar surface area (TPSA) is 47.6 Å². The van der Waals surface area contributed by atoms with Crippen molar-refractivity contribution in [3.8, 4) is 0 Å². The summed E-state index contributed by atoms with van der Waals surface area (Å²) in [7, 11) is 0. The minimum absolute atomic E-state index is 0.142. The van der Waals surface area contributed by atoms with Gasteiger partial charge in [0.1, 0.15) is 5.54 Å². The molecule has 1 N–H and O–H groups in total. The summed E-state index contributed by atoms with van der Waals surface area (Å²) in [5.74, 6) is -0.142. The second-order valence-electron chi connectivity index (χ2n) is 5.46. The molecule has 1 rings (SSSR count). The summed E-state index contributed by atoms with van der Waals surface area (Å²) >= 11 is 0. The number of nitrogens with one attached hydrogen (secondary N) is 1. The monoisotopic (exact) mass is 271 g/mol. The lowest BCUT2D eigenvalue weighted by molar-refractivity contribution is -0.150. The molecule has 0 amide bonds. The van der Waals surface area contributed by atoms with Crippen LogP contribution in [0.5, 0.6) is 0 Å². The van der Waals surface area contributed by atoms with Crippen LogP contribution in [-0.4, -0.2) is 37.4 Å². The van der Waals surface area contributed by atoms with Crippen molar-refractivity contribution >= 4 is 5.97 Å². The zero-order valence-electron chi connectivity index (χ0n) is 12.7. The Morgan fingerprint density at radius 3 is 2.58 bits per heavy atom. The van der Waals surface area contributed by atoms with Crippen LogP contribution in [0.25, 0.3) is 0 Å². The van der Waals surface area contributed by atoms with Crippen LogP contribution >= 0.6 is 0 Å². The number of esters is 1. The molecule has 0 aromatic carbocycles. The third kappa shape index (κ3) is 5.49. The van der Waals surface area contributed by atoms with Crippen LogP contribution < -0.4 is 5.32 Å². The third-order valence-electron chi connectivity index (χ3n) is 3.77. The number of unbranched alkanes of at least 4 members (excludes halogenated alkanes) is 1. The highest BCUT2D eigenvalue weighted by Crippen LogP contribution is 2.22. The van der Waals surface area contributed by atoms with Crippen LogP contribution in [0.3, 0.4) is 0 Å². The van der Waals surface area contributed by atoms with Crippen molar-refractivity contribution in [1.29, 1.82) is 0 Å². The van der Waals surface area contributed by atoms with Gasteiger partial charge >= 0.3 is 5.97 Å². The summed E-state index contributed by atoms with van der Waals surface area (Å²) in [6, 6.07) is 0. The molecule has 0 heterocycles. The average molecular weight is 271 g/mol. The Bertz CT molecular complexity index is 266. The van der Waals surface area contributed by atoms with Gasteiger partial charge < -0.3 is 14.8 Å². The molecule has 1 atom stereocenters. The Hall–Kier alpha value is -0.610. The van der Waals surface area contributed by atoms with E-state index in [9.17, 15) is 4.79 Å². The molecule has 0 radical (unpaired) electrons. The molecule has 0 aromatic rings. The van der Waals surface area contributed by atoms with Gasteiger partial charge in [0.2, 0.25) is 0 Å². The highest BCUT2D eigenvalue weighted by atomic mass is 16.5. The Kier molecular flexibility index (Phi) is 7.39. The van der Waals surface area contributed by atoms with Crippen molar-refractivity contribution < 1.29 is 14.3 Å². The molecule has 1 unspecified atom stereocenters. The Morgan fingerprint density at radius 2 is 2.05 bits per heavy atom. The first kappa shape index (κ1) is 16.4. The summed E-state index contributed by atoms with van der Waals surface area (Å²) in [5.41, 5.74) is -0.554. The van der Waals surface area contributed by atoms with Gasteiger partial charge in [-0.25, -0.2) is 0 Å². The van der Waals surface area contributed by atoms with Gasteiger partial charge in [0.25, 0.3) is 0 Å². The highest BCUT2D eigenvalue weighted by Gasteiger charge is 2.33. The largest absolute Gasteiger partial charge is 0.465 e. The smallest absolute Gasteiger partial charge is 0.326 e. The van der Waals surface area contributed by atoms with Gasteiger partial charge in [0.15, 0.2) is 0 Å². The van der Waals surface area contributed by atoms with E-state index in [1.54, 1.807) is 0 Å². The number of carbonyl (C=O) groups excluding carboxylic acids is 1. The van der Waals surface area contributed by atoms with Crippen molar-refractivity contribution in [3.63, 3.8) is 0 Å². The molecule has 0 spiro atoms. The Morgan fingerprint density at radius 1 is 1.32 bits per heavy atom. The van der Waals surface area contributed by atoms with Crippen molar-refractivity contribution in [2.75, 3.05) is 19.8 Å². The van der Waals surface area contributed by atoms with Crippen molar-refractivity contribution in [2.45, 2.75) is 70.9 Å². The van der Waals surface area contributed by atoms with Crippen molar-refractivity contribution in [2.24, 2.45) is 0 Å². The third-order valence-corrected chi connectivity index (χ3v) is 3.77. The molecule has 1 aliphatic carbocycles. The summed E-state index contributed by atoms with van der Waals surface area (Å²) in [6.07, 6.45) is 7.05. The summed E-state index contributed by atoms with van der Waals surface area (Å²) < 4.78 is 10.9. The average Bonchev–Trinajstić information content (AvgIpc) is 2.32. The molecule has 1 fully saturated rings. The predicted molar refractivity (Wildman–Crippen MR) is 76.2 cm³/mol. The molecule has 0 aromatic heterocycles. The molecular formula is C15H29NO3. The van der Waals surface area contributed by atoms with Gasteiger partial charge in [-0.3, -0.25) is 4.79 Å². The van der Waals surface area contributed by atoms with Crippen LogP contribution in [0, 0.1) is 0 Å². The fourth-order valence-corrected chi connectivity index (χ4v) is 2.31. The maximum atomic E-state index is 12.0. The zero-order chi connectivity index (χ0) is 14.1. The number of likely N-dealkylation sites (N-methyl/N-ethyl adjacent to an activating group) is 1. The molecule has 1 saturated carbocycles. The molecular weight excluding hydrogens is 242 g/mol. The lowest BCUT2D eigenvalue weighted by atomic mass is 9.94. The van der Waals surface area contributed by atoms with Crippen LogP contribution in [0.15, 0.2) is 0 Å². The number of hydrogen-bond donors (Lipinski definition) is 1. The van der Waals surface area contributed by atoms with Crippen LogP contribution in [0.1, 0.15) is 59.3 Å². The van der Waals surface area contributed by atoms with Gasteiger partial charge in [-0.05, 0) is 58.9 Å². The minimum Gasteiger partial charge on any atom is -0.465 e. The Balaban J connectivity index is 2.21. The molecule has 112 valence electrons. The molecule has 4 heteroatoms. The summed E-state index contributed by atoms with van der Waals surface area (Å²) in [4.78, 5) is 12.0. The molecule has 1 aliphatic rings. The molecule has 19 heavy (non-hydrogen) atoms. The van der Waals surface area contributed by atoms with Crippen LogP contribution in [-0.2, 0) is 14.3 Å². The van der Waals surface area contributed by atoms with E-state index in [1.165, 1.54) is 19.3 Å². The van der Waals surface area contributed by atoms with E-state index in [2.05, 4.69) is 5.32 Å². The first-order valence-electron chi connectivity index (χ1n) is 7.66. The predicted octanol–water partition coefficient (Wildman–Crippen LogP) is 2.66. The fraction of sp³-hybridized carbons (Fsp3) is 0.933. The first-order valence-corrected chi connectivity index (χ1v) is 7.66. The summed E-state index contributed by atoms with van der Waals surface area (Å²) in [5, 5.41) is 3.25. The SMILES string of the molecule is CCNC(C)(CCCCOC1CCC1)C(=O)OCC. The second kappa shape index (κ2) is 8.54. The van der Waals surface area contributed by atoms with Gasteiger partial charge in [0.05, 0.1) is 12.7 Å². The highest BCUT2D eigenvalue weighted by molar-refractivity contribution is 5.80. The summed E-state index contributed by atoms with van der Waals surface area (Å²) in [6.45, 7) is 7.81. The van der Waals surface area contributed by atoms with Gasteiger partial charge in [0, 0.05) is 6.61 Å². The molecule has 0 aliphatic heterocycles. The minimum atomic E-state index is -0.554. The lowest BCUT2D eigenvalue weighted by Crippen LogP contribution is -2.50. The van der Waals surface area contributed by atoms with Crippen LogP contribution in [0.2, 0.25) is 0 Å². The van der Waals surface area contributed by atoms with E-state index < -0.39 is 5.54 Å². The van der Waals surface area contributed by atoms with Gasteiger partial charge in [-0.2, -0.15) is 0 Å². The number of rotatable bonds is 10. The first-order chi connectivity index (χ1) is 9.12. The molecule has 0 bridgehead atoms. The second-order valence-corrected chi connectivity index (χ2v) is 5.46.